The minimum atomic E-state index is 0.236. The molecule has 0 saturated carbocycles. The van der Waals surface area contributed by atoms with Crippen molar-refractivity contribution in [2.75, 3.05) is 26.2 Å². The van der Waals surface area contributed by atoms with E-state index in [0.29, 0.717) is 12.5 Å². The van der Waals surface area contributed by atoms with Crippen LogP contribution in [0.2, 0.25) is 0 Å². The molecule has 0 amide bonds. The van der Waals surface area contributed by atoms with Crippen molar-refractivity contribution in [2.24, 2.45) is 5.92 Å². The topological polar surface area (TPSA) is 61.0 Å². The summed E-state index contributed by atoms with van der Waals surface area (Å²) >= 11 is 0. The van der Waals surface area contributed by atoms with Crippen LogP contribution in [0.1, 0.15) is 45.2 Å². The first-order chi connectivity index (χ1) is 14.5. The molecular weight excluding hydrogens is 376 g/mol. The van der Waals surface area contributed by atoms with E-state index in [-0.39, 0.29) is 6.04 Å². The number of rotatable bonds is 5. The summed E-state index contributed by atoms with van der Waals surface area (Å²) in [7, 11) is 0. The van der Waals surface area contributed by atoms with Gasteiger partial charge in [-0.15, -0.1) is 0 Å². The van der Waals surface area contributed by atoms with Gasteiger partial charge in [-0.25, -0.2) is 14.6 Å². The van der Waals surface area contributed by atoms with Crippen LogP contribution in [0.5, 0.6) is 5.75 Å². The summed E-state index contributed by atoms with van der Waals surface area (Å²) in [6, 6.07) is 6.89. The highest BCUT2D eigenvalue weighted by Crippen LogP contribution is 2.37. The van der Waals surface area contributed by atoms with Gasteiger partial charge in [0, 0.05) is 37.8 Å². The number of ether oxygens (including phenoxy) is 1. The number of aromatic nitrogens is 5. The second-order valence-electron chi connectivity index (χ2n) is 9.18. The Hall–Kier alpha value is -2.67. The zero-order chi connectivity index (χ0) is 20.8. The molecule has 0 bridgehead atoms. The van der Waals surface area contributed by atoms with Crippen LogP contribution in [0.3, 0.4) is 0 Å². The van der Waals surface area contributed by atoms with E-state index in [9.17, 15) is 0 Å². The van der Waals surface area contributed by atoms with Crippen LogP contribution in [-0.4, -0.2) is 55.5 Å². The molecule has 2 aromatic heterocycles. The van der Waals surface area contributed by atoms with E-state index < -0.39 is 0 Å². The third-order valence-electron chi connectivity index (χ3n) is 5.96. The van der Waals surface area contributed by atoms with Gasteiger partial charge in [0.1, 0.15) is 30.2 Å². The van der Waals surface area contributed by atoms with Crippen molar-refractivity contribution in [2.45, 2.75) is 46.2 Å². The maximum atomic E-state index is 6.13. The first-order valence-electron chi connectivity index (χ1n) is 11.0. The van der Waals surface area contributed by atoms with Gasteiger partial charge in [-0.05, 0) is 37.5 Å². The lowest BCUT2D eigenvalue weighted by atomic mass is 9.90. The van der Waals surface area contributed by atoms with Crippen molar-refractivity contribution < 1.29 is 4.74 Å². The first-order valence-corrected chi connectivity index (χ1v) is 11.0. The predicted octanol–water partition coefficient (Wildman–Crippen LogP) is 3.84. The fourth-order valence-corrected chi connectivity index (χ4v) is 4.52. The van der Waals surface area contributed by atoms with Gasteiger partial charge in [-0.2, -0.15) is 5.10 Å². The van der Waals surface area contributed by atoms with E-state index in [4.69, 9.17) is 9.72 Å². The molecule has 3 aromatic rings. The summed E-state index contributed by atoms with van der Waals surface area (Å²) in [5.74, 6) is 4.01. The van der Waals surface area contributed by atoms with Gasteiger partial charge in [-0.1, -0.05) is 19.9 Å². The summed E-state index contributed by atoms with van der Waals surface area (Å²) in [5, 5.41) is 4.36. The summed E-state index contributed by atoms with van der Waals surface area (Å²) in [4.78, 5) is 11.9. The minimum Gasteiger partial charge on any atom is -0.491 e. The normalized spacial score (nSPS) is 16.9. The number of imidazole rings is 1. The van der Waals surface area contributed by atoms with E-state index in [1.165, 1.54) is 12.1 Å². The van der Waals surface area contributed by atoms with Gasteiger partial charge >= 0.3 is 0 Å². The quantitative estimate of drug-likeness (QED) is 0.644. The lowest BCUT2D eigenvalue weighted by Gasteiger charge is -2.40. The maximum Gasteiger partial charge on any atom is 0.178 e. The highest BCUT2D eigenvalue weighted by atomic mass is 16.5. The minimum absolute atomic E-state index is 0.236. The average molecular weight is 407 g/mol. The van der Waals surface area contributed by atoms with Gasteiger partial charge in [-0.3, -0.25) is 0 Å². The van der Waals surface area contributed by atoms with Crippen molar-refractivity contribution in [3.63, 3.8) is 0 Å². The molecule has 0 radical (unpaired) electrons. The molecule has 0 unspecified atom stereocenters. The molecule has 0 N–H and O–H groups in total. The summed E-state index contributed by atoms with van der Waals surface area (Å²) in [6.07, 6.45) is 3.67. The predicted molar refractivity (Wildman–Crippen MR) is 117 cm³/mol. The summed E-state index contributed by atoms with van der Waals surface area (Å²) < 4.78 is 10.2. The SMILES string of the molecule is CC(C)CN1CC(c2ccc3c(c2)OCCn2cc(-c4ncnn4C(C)C)nc2-3)C1. The van der Waals surface area contributed by atoms with Crippen molar-refractivity contribution in [1.29, 1.82) is 0 Å². The molecule has 1 saturated heterocycles. The maximum absolute atomic E-state index is 6.13. The number of benzene rings is 1. The van der Waals surface area contributed by atoms with E-state index in [1.54, 1.807) is 6.33 Å². The number of fused-ring (bicyclic) bond motifs is 3. The monoisotopic (exact) mass is 406 g/mol. The zero-order valence-corrected chi connectivity index (χ0v) is 18.2. The Kier molecular flexibility index (Phi) is 4.85. The molecule has 2 aliphatic heterocycles. The Labute approximate surface area is 177 Å². The Morgan fingerprint density at radius 2 is 1.97 bits per heavy atom. The molecule has 30 heavy (non-hydrogen) atoms. The lowest BCUT2D eigenvalue weighted by molar-refractivity contribution is 0.131. The van der Waals surface area contributed by atoms with Crippen molar-refractivity contribution in [3.8, 4) is 28.7 Å². The van der Waals surface area contributed by atoms with Gasteiger partial charge in [0.05, 0.1) is 12.1 Å². The Morgan fingerprint density at radius 1 is 1.13 bits per heavy atom. The molecule has 4 heterocycles. The van der Waals surface area contributed by atoms with Crippen molar-refractivity contribution in [1.82, 2.24) is 29.2 Å². The van der Waals surface area contributed by atoms with E-state index in [0.717, 1.165) is 54.2 Å². The van der Waals surface area contributed by atoms with Crippen LogP contribution in [0.4, 0.5) is 0 Å². The van der Waals surface area contributed by atoms with Crippen molar-refractivity contribution >= 4 is 0 Å². The third kappa shape index (κ3) is 3.41. The third-order valence-corrected chi connectivity index (χ3v) is 5.96. The largest absolute Gasteiger partial charge is 0.491 e. The first kappa shape index (κ1) is 19.3. The molecule has 0 atom stereocenters. The average Bonchev–Trinajstić information content (AvgIpc) is 3.28. The van der Waals surface area contributed by atoms with E-state index in [1.807, 2.05) is 4.68 Å². The fourth-order valence-electron chi connectivity index (χ4n) is 4.52. The molecule has 0 aliphatic carbocycles. The smallest absolute Gasteiger partial charge is 0.178 e. The standard InChI is InChI=1S/C23H30N6O/c1-15(2)10-27-11-18(12-27)17-5-6-19-21(9-17)30-8-7-28-13-20(26-22(19)28)23-24-14-25-29(23)16(3)4/h5-6,9,13-16,18H,7-8,10-12H2,1-4H3. The van der Waals surface area contributed by atoms with Crippen LogP contribution in [0, 0.1) is 5.92 Å². The highest BCUT2D eigenvalue weighted by Gasteiger charge is 2.29. The zero-order valence-electron chi connectivity index (χ0n) is 18.2. The van der Waals surface area contributed by atoms with Crippen molar-refractivity contribution in [3.05, 3.63) is 36.3 Å². The molecule has 158 valence electrons. The second-order valence-corrected chi connectivity index (χ2v) is 9.18. The van der Waals surface area contributed by atoms with Crippen LogP contribution >= 0.6 is 0 Å². The Morgan fingerprint density at radius 3 is 2.73 bits per heavy atom. The van der Waals surface area contributed by atoms with Gasteiger partial charge in [0.25, 0.3) is 0 Å². The number of hydrogen-bond acceptors (Lipinski definition) is 5. The van der Waals surface area contributed by atoms with Gasteiger partial charge in [0.15, 0.2) is 5.82 Å². The molecule has 1 aromatic carbocycles. The van der Waals surface area contributed by atoms with Crippen LogP contribution in [0.15, 0.2) is 30.7 Å². The molecule has 2 aliphatic rings. The van der Waals surface area contributed by atoms with Gasteiger partial charge < -0.3 is 14.2 Å². The fraction of sp³-hybridized carbons (Fsp3) is 0.522. The van der Waals surface area contributed by atoms with E-state index >= 15 is 0 Å². The van der Waals surface area contributed by atoms with Crippen LogP contribution in [0.25, 0.3) is 22.9 Å². The molecule has 7 heteroatoms. The lowest BCUT2D eigenvalue weighted by Crippen LogP contribution is -2.46. The second kappa shape index (κ2) is 7.54. The number of likely N-dealkylation sites (tertiary alicyclic amines) is 1. The Bertz CT molecular complexity index is 1040. The summed E-state index contributed by atoms with van der Waals surface area (Å²) in [6.45, 7) is 13.6. The van der Waals surface area contributed by atoms with Crippen LogP contribution in [-0.2, 0) is 6.54 Å². The molecule has 0 spiro atoms. The Balaban J connectivity index is 1.43. The van der Waals surface area contributed by atoms with Crippen LogP contribution < -0.4 is 4.74 Å². The molecular formula is C23H30N6O. The van der Waals surface area contributed by atoms with E-state index in [2.05, 4.69) is 71.6 Å². The molecule has 1 fully saturated rings. The summed E-state index contributed by atoms with van der Waals surface area (Å²) in [5.41, 5.74) is 3.28. The highest BCUT2D eigenvalue weighted by molar-refractivity contribution is 5.69. The molecule has 5 rings (SSSR count). The molecule has 7 nitrogen and oxygen atoms in total. The number of hydrogen-bond donors (Lipinski definition) is 0. The van der Waals surface area contributed by atoms with Gasteiger partial charge in [0.2, 0.25) is 0 Å². The number of nitrogens with zero attached hydrogens (tertiary/aromatic N) is 6.